The normalized spacial score (nSPS) is 30.2. The minimum absolute atomic E-state index is 0.178. The fourth-order valence-electron chi connectivity index (χ4n) is 2.13. The maximum Gasteiger partial charge on any atom is 0.0741 e. The van der Waals surface area contributed by atoms with Gasteiger partial charge >= 0.3 is 0 Å². The van der Waals surface area contributed by atoms with E-state index >= 15 is 0 Å². The molecule has 0 aliphatic heterocycles. The van der Waals surface area contributed by atoms with Gasteiger partial charge in [0, 0.05) is 6.04 Å². The van der Waals surface area contributed by atoms with Crippen LogP contribution in [0.3, 0.4) is 0 Å². The van der Waals surface area contributed by atoms with Crippen molar-refractivity contribution >= 4 is 0 Å². The number of aliphatic hydroxyl groups is 1. The maximum absolute atomic E-state index is 9.80. The van der Waals surface area contributed by atoms with E-state index in [1.54, 1.807) is 0 Å². The predicted molar refractivity (Wildman–Crippen MR) is 64.9 cm³/mol. The lowest BCUT2D eigenvalue weighted by molar-refractivity contribution is 0.0419. The smallest absolute Gasteiger partial charge is 0.0741 e. The molecule has 1 unspecified atom stereocenters. The number of hydrogen-bond acceptors (Lipinski definition) is 2. The fraction of sp³-hybridized carbons (Fsp3) is 1.00. The summed E-state index contributed by atoms with van der Waals surface area (Å²) in [5, 5.41) is 13.3. The Bertz CT molecular complexity index is 177. The first-order valence-corrected chi connectivity index (χ1v) is 6.35. The van der Waals surface area contributed by atoms with E-state index in [9.17, 15) is 5.11 Å². The van der Waals surface area contributed by atoms with Crippen molar-refractivity contribution in [1.29, 1.82) is 0 Å². The van der Waals surface area contributed by atoms with Crippen LogP contribution in [0.25, 0.3) is 0 Å². The first-order chi connectivity index (χ1) is 6.89. The molecule has 1 rings (SSSR count). The number of rotatable bonds is 4. The topological polar surface area (TPSA) is 32.3 Å². The zero-order chi connectivity index (χ0) is 11.5. The summed E-state index contributed by atoms with van der Waals surface area (Å²) in [4.78, 5) is 0. The van der Waals surface area contributed by atoms with Crippen molar-refractivity contribution in [2.24, 2.45) is 11.8 Å². The number of nitrogens with one attached hydrogen (secondary N) is 1. The molecule has 1 aliphatic rings. The Hall–Kier alpha value is -0.0800. The van der Waals surface area contributed by atoms with E-state index in [1.165, 1.54) is 25.7 Å². The molecule has 2 heteroatoms. The van der Waals surface area contributed by atoms with Gasteiger partial charge in [-0.3, -0.25) is 0 Å². The molecule has 90 valence electrons. The van der Waals surface area contributed by atoms with Crippen molar-refractivity contribution in [2.75, 3.05) is 6.54 Å². The standard InChI is InChI=1S/C13H27NO/c1-10-5-7-12(8-6-10)9-14-11(2)13(3,4)15/h10-12,14-15H,5-9H2,1-4H3. The molecule has 0 bridgehead atoms. The molecule has 0 spiro atoms. The van der Waals surface area contributed by atoms with Crippen LogP contribution in [0.2, 0.25) is 0 Å². The predicted octanol–water partition coefficient (Wildman–Crippen LogP) is 2.56. The quantitative estimate of drug-likeness (QED) is 0.752. The van der Waals surface area contributed by atoms with Crippen molar-refractivity contribution in [1.82, 2.24) is 5.32 Å². The average molecular weight is 213 g/mol. The van der Waals surface area contributed by atoms with Crippen LogP contribution in [-0.4, -0.2) is 23.3 Å². The van der Waals surface area contributed by atoms with Crippen LogP contribution in [0, 0.1) is 11.8 Å². The van der Waals surface area contributed by atoms with Crippen molar-refractivity contribution in [2.45, 2.75) is 65.0 Å². The second-order valence-electron chi connectivity index (χ2n) is 5.91. The highest BCUT2D eigenvalue weighted by Crippen LogP contribution is 2.27. The van der Waals surface area contributed by atoms with Crippen molar-refractivity contribution in [3.8, 4) is 0 Å². The van der Waals surface area contributed by atoms with Crippen molar-refractivity contribution < 1.29 is 5.11 Å². The Morgan fingerprint density at radius 2 is 1.80 bits per heavy atom. The molecule has 15 heavy (non-hydrogen) atoms. The molecule has 0 heterocycles. The van der Waals surface area contributed by atoms with Crippen molar-refractivity contribution in [3.05, 3.63) is 0 Å². The maximum atomic E-state index is 9.80. The zero-order valence-electron chi connectivity index (χ0n) is 10.7. The summed E-state index contributed by atoms with van der Waals surface area (Å²) < 4.78 is 0. The van der Waals surface area contributed by atoms with Gasteiger partial charge in [-0.05, 0) is 52.0 Å². The van der Waals surface area contributed by atoms with Gasteiger partial charge < -0.3 is 10.4 Å². The Morgan fingerprint density at radius 3 is 2.27 bits per heavy atom. The first kappa shape index (κ1) is 13.0. The van der Waals surface area contributed by atoms with Crippen LogP contribution < -0.4 is 5.32 Å². The molecular formula is C13H27NO. The van der Waals surface area contributed by atoms with E-state index in [0.717, 1.165) is 18.4 Å². The highest BCUT2D eigenvalue weighted by atomic mass is 16.3. The van der Waals surface area contributed by atoms with Crippen LogP contribution >= 0.6 is 0 Å². The molecule has 1 atom stereocenters. The zero-order valence-corrected chi connectivity index (χ0v) is 10.7. The van der Waals surface area contributed by atoms with Crippen molar-refractivity contribution in [3.63, 3.8) is 0 Å². The molecule has 0 amide bonds. The largest absolute Gasteiger partial charge is 0.389 e. The van der Waals surface area contributed by atoms with Gasteiger partial charge in [-0.25, -0.2) is 0 Å². The molecule has 1 saturated carbocycles. The van der Waals surface area contributed by atoms with E-state index in [-0.39, 0.29) is 6.04 Å². The second-order valence-corrected chi connectivity index (χ2v) is 5.91. The Labute approximate surface area is 94.5 Å². The summed E-state index contributed by atoms with van der Waals surface area (Å²) in [5.41, 5.74) is -0.609. The van der Waals surface area contributed by atoms with Crippen LogP contribution in [-0.2, 0) is 0 Å². The average Bonchev–Trinajstić information content (AvgIpc) is 2.15. The lowest BCUT2D eigenvalue weighted by atomic mass is 9.83. The van der Waals surface area contributed by atoms with Gasteiger partial charge in [0.05, 0.1) is 5.60 Å². The SMILES string of the molecule is CC1CCC(CNC(C)C(C)(C)O)CC1. The second kappa shape index (κ2) is 5.31. The van der Waals surface area contributed by atoms with Crippen LogP contribution in [0.1, 0.15) is 53.4 Å². The fourth-order valence-corrected chi connectivity index (χ4v) is 2.13. The summed E-state index contributed by atoms with van der Waals surface area (Å²) in [6, 6.07) is 0.178. The van der Waals surface area contributed by atoms with Gasteiger partial charge in [0.15, 0.2) is 0 Å². The van der Waals surface area contributed by atoms with E-state index < -0.39 is 5.60 Å². The molecule has 2 N–H and O–H groups in total. The highest BCUT2D eigenvalue weighted by molar-refractivity contribution is 4.81. The third-order valence-corrected chi connectivity index (χ3v) is 3.91. The molecule has 0 aromatic rings. The molecule has 1 fully saturated rings. The van der Waals surface area contributed by atoms with E-state index in [0.29, 0.717) is 0 Å². The number of hydrogen-bond donors (Lipinski definition) is 2. The Kier molecular flexibility index (Phi) is 4.60. The van der Waals surface area contributed by atoms with Gasteiger partial charge in [-0.1, -0.05) is 19.8 Å². The Balaban J connectivity index is 2.20. The highest BCUT2D eigenvalue weighted by Gasteiger charge is 2.24. The monoisotopic (exact) mass is 213 g/mol. The summed E-state index contributed by atoms with van der Waals surface area (Å²) in [5.74, 6) is 1.75. The first-order valence-electron chi connectivity index (χ1n) is 6.35. The van der Waals surface area contributed by atoms with Gasteiger partial charge in [0.25, 0.3) is 0 Å². The molecular weight excluding hydrogens is 186 g/mol. The molecule has 0 saturated heterocycles. The molecule has 1 aliphatic carbocycles. The van der Waals surface area contributed by atoms with Crippen LogP contribution in [0.5, 0.6) is 0 Å². The van der Waals surface area contributed by atoms with Gasteiger partial charge in [-0.15, -0.1) is 0 Å². The van der Waals surface area contributed by atoms with E-state index in [1.807, 2.05) is 13.8 Å². The van der Waals surface area contributed by atoms with Gasteiger partial charge in [0.2, 0.25) is 0 Å². The lowest BCUT2D eigenvalue weighted by Crippen LogP contribution is -2.46. The molecule has 0 aromatic heterocycles. The van der Waals surface area contributed by atoms with Crippen LogP contribution in [0.4, 0.5) is 0 Å². The molecule has 2 nitrogen and oxygen atoms in total. The lowest BCUT2D eigenvalue weighted by Gasteiger charge is -2.31. The molecule has 0 radical (unpaired) electrons. The summed E-state index contributed by atoms with van der Waals surface area (Å²) in [7, 11) is 0. The van der Waals surface area contributed by atoms with E-state index in [4.69, 9.17) is 0 Å². The van der Waals surface area contributed by atoms with E-state index in [2.05, 4.69) is 19.2 Å². The Morgan fingerprint density at radius 1 is 1.27 bits per heavy atom. The van der Waals surface area contributed by atoms with Gasteiger partial charge in [0.1, 0.15) is 0 Å². The third-order valence-electron chi connectivity index (χ3n) is 3.91. The van der Waals surface area contributed by atoms with Crippen LogP contribution in [0.15, 0.2) is 0 Å². The minimum atomic E-state index is -0.609. The summed E-state index contributed by atoms with van der Waals surface area (Å²) >= 11 is 0. The minimum Gasteiger partial charge on any atom is -0.389 e. The van der Waals surface area contributed by atoms with Gasteiger partial charge in [-0.2, -0.15) is 0 Å². The molecule has 0 aromatic carbocycles. The summed E-state index contributed by atoms with van der Waals surface area (Å²) in [6.07, 6.45) is 5.46. The third kappa shape index (κ3) is 4.52. The summed E-state index contributed by atoms with van der Waals surface area (Å²) in [6.45, 7) is 9.22.